The fourth-order valence-electron chi connectivity index (χ4n) is 4.39. The smallest absolute Gasteiger partial charge is 0.330 e. The van der Waals surface area contributed by atoms with Crippen LogP contribution in [0.2, 0.25) is 0 Å². The molecular weight excluding hydrogens is 394 g/mol. The first-order valence-electron chi connectivity index (χ1n) is 10.6. The van der Waals surface area contributed by atoms with Crippen LogP contribution < -0.4 is 11.0 Å². The maximum absolute atomic E-state index is 12.9. The molecule has 1 aromatic carbocycles. The van der Waals surface area contributed by atoms with Gasteiger partial charge in [-0.3, -0.25) is 19.1 Å². The number of aliphatic hydroxyl groups excluding tert-OH is 1. The first-order chi connectivity index (χ1) is 15.0. The molecule has 160 valence electrons. The molecule has 0 saturated heterocycles. The third-order valence-corrected chi connectivity index (χ3v) is 6.23. The van der Waals surface area contributed by atoms with Crippen molar-refractivity contribution in [2.75, 3.05) is 5.32 Å². The van der Waals surface area contributed by atoms with E-state index >= 15 is 0 Å². The van der Waals surface area contributed by atoms with Gasteiger partial charge in [-0.25, -0.2) is 9.78 Å². The number of aryl methyl sites for hydroxylation is 2. The van der Waals surface area contributed by atoms with Crippen molar-refractivity contribution < 1.29 is 5.11 Å². The lowest BCUT2D eigenvalue weighted by Crippen LogP contribution is -2.30. The maximum atomic E-state index is 12.9. The molecule has 0 atom stereocenters. The summed E-state index contributed by atoms with van der Waals surface area (Å²) in [5.41, 5.74) is 5.16. The quantitative estimate of drug-likeness (QED) is 0.523. The molecule has 1 fully saturated rings. The summed E-state index contributed by atoms with van der Waals surface area (Å²) in [6, 6.07) is 4.09. The molecule has 1 aliphatic carbocycles. The number of nitrogens with one attached hydrogen (secondary N) is 1. The number of anilines is 1. The Morgan fingerprint density at radius 1 is 1.10 bits per heavy atom. The van der Waals surface area contributed by atoms with Gasteiger partial charge in [-0.2, -0.15) is 4.98 Å². The predicted octanol–water partition coefficient (Wildman–Crippen LogP) is 2.47. The molecule has 0 radical (unpaired) electrons. The number of rotatable bonds is 4. The summed E-state index contributed by atoms with van der Waals surface area (Å²) in [4.78, 5) is 30.7. The number of hydrogen-bond donors (Lipinski definition) is 2. The van der Waals surface area contributed by atoms with Gasteiger partial charge in [0.2, 0.25) is 5.95 Å². The third-order valence-electron chi connectivity index (χ3n) is 6.23. The molecule has 3 aromatic heterocycles. The Bertz CT molecular complexity index is 1320. The molecule has 2 N–H and O–H groups in total. The second kappa shape index (κ2) is 7.73. The van der Waals surface area contributed by atoms with Crippen molar-refractivity contribution in [3.63, 3.8) is 0 Å². The fourth-order valence-corrected chi connectivity index (χ4v) is 4.39. The highest BCUT2D eigenvalue weighted by atomic mass is 16.3. The maximum Gasteiger partial charge on any atom is 0.330 e. The van der Waals surface area contributed by atoms with E-state index in [0.717, 1.165) is 35.0 Å². The van der Waals surface area contributed by atoms with E-state index in [-0.39, 0.29) is 17.8 Å². The molecule has 0 unspecified atom stereocenters. The van der Waals surface area contributed by atoms with Crippen molar-refractivity contribution in [3.05, 3.63) is 52.3 Å². The summed E-state index contributed by atoms with van der Waals surface area (Å²) in [5, 5.41) is 13.1. The van der Waals surface area contributed by atoms with Gasteiger partial charge < -0.3 is 10.4 Å². The Kier molecular flexibility index (Phi) is 4.90. The summed E-state index contributed by atoms with van der Waals surface area (Å²) in [6.45, 7) is 2.58. The second-order valence-electron chi connectivity index (χ2n) is 8.25. The Hall–Kier alpha value is -3.33. The number of hydrogen-bond acceptors (Lipinski definition) is 7. The number of fused-ring (bicyclic) bond motifs is 2. The Balaban J connectivity index is 1.45. The minimum Gasteiger partial charge on any atom is -0.393 e. The van der Waals surface area contributed by atoms with Crippen LogP contribution in [0.3, 0.4) is 0 Å². The van der Waals surface area contributed by atoms with Crippen molar-refractivity contribution in [1.82, 2.24) is 29.1 Å². The van der Waals surface area contributed by atoms with Crippen molar-refractivity contribution in [2.45, 2.75) is 51.3 Å². The molecule has 4 aromatic rings. The molecular formula is C22H25N7O2. The van der Waals surface area contributed by atoms with Gasteiger partial charge in [0.25, 0.3) is 0 Å². The predicted molar refractivity (Wildman–Crippen MR) is 118 cm³/mol. The molecule has 31 heavy (non-hydrogen) atoms. The van der Waals surface area contributed by atoms with Crippen molar-refractivity contribution >= 4 is 28.1 Å². The van der Waals surface area contributed by atoms with Gasteiger partial charge in [0, 0.05) is 32.0 Å². The van der Waals surface area contributed by atoms with Crippen LogP contribution in [0, 0.1) is 6.92 Å². The number of aromatic nitrogens is 6. The van der Waals surface area contributed by atoms with Crippen LogP contribution in [0.1, 0.15) is 42.9 Å². The van der Waals surface area contributed by atoms with E-state index < -0.39 is 0 Å². The summed E-state index contributed by atoms with van der Waals surface area (Å²) in [7, 11) is 1.74. The van der Waals surface area contributed by atoms with Crippen LogP contribution in [0.4, 0.5) is 5.95 Å². The normalized spacial score (nSPS) is 19.2. The molecule has 9 nitrogen and oxygen atoms in total. The molecule has 0 amide bonds. The van der Waals surface area contributed by atoms with Gasteiger partial charge in [-0.05, 0) is 55.9 Å². The van der Waals surface area contributed by atoms with Gasteiger partial charge in [0.15, 0.2) is 5.65 Å². The van der Waals surface area contributed by atoms with E-state index in [1.807, 2.05) is 19.1 Å². The summed E-state index contributed by atoms with van der Waals surface area (Å²) < 4.78 is 3.36. The van der Waals surface area contributed by atoms with Gasteiger partial charge >= 0.3 is 5.69 Å². The van der Waals surface area contributed by atoms with E-state index in [2.05, 4.69) is 25.3 Å². The van der Waals surface area contributed by atoms with E-state index in [4.69, 9.17) is 0 Å². The average molecular weight is 419 g/mol. The Morgan fingerprint density at radius 2 is 1.81 bits per heavy atom. The second-order valence-corrected chi connectivity index (χ2v) is 8.25. The zero-order valence-corrected chi connectivity index (χ0v) is 17.6. The molecule has 1 aliphatic rings. The standard InChI is InChI=1S/C22H25N7O2/c1-13-9-17-18(24-8-7-23-17)10-14(13)11-25-21-26-12-19-20(27-21)29(22(31)28(19)2)15-3-5-16(30)6-4-15/h7-10,12,15-16,30H,3-6,11H2,1-2H3,(H,25,26,27). The zero-order valence-electron chi connectivity index (χ0n) is 17.6. The van der Waals surface area contributed by atoms with Crippen LogP contribution in [0.25, 0.3) is 22.2 Å². The van der Waals surface area contributed by atoms with Crippen molar-refractivity contribution in [3.8, 4) is 0 Å². The van der Waals surface area contributed by atoms with E-state index in [1.54, 1.807) is 34.8 Å². The number of aliphatic hydroxyl groups is 1. The lowest BCUT2D eigenvalue weighted by atomic mass is 9.93. The topological polar surface area (TPSA) is 111 Å². The van der Waals surface area contributed by atoms with Crippen molar-refractivity contribution in [1.29, 1.82) is 0 Å². The monoisotopic (exact) mass is 419 g/mol. The summed E-state index contributed by atoms with van der Waals surface area (Å²) in [6.07, 6.45) is 7.73. The molecule has 9 heteroatoms. The highest BCUT2D eigenvalue weighted by Gasteiger charge is 2.25. The Morgan fingerprint density at radius 3 is 2.55 bits per heavy atom. The molecule has 5 rings (SSSR count). The molecule has 1 saturated carbocycles. The lowest BCUT2D eigenvalue weighted by molar-refractivity contribution is 0.110. The van der Waals surface area contributed by atoms with Crippen LogP contribution in [0.5, 0.6) is 0 Å². The van der Waals surface area contributed by atoms with Gasteiger partial charge in [0.1, 0.15) is 5.52 Å². The summed E-state index contributed by atoms with van der Waals surface area (Å²) in [5.74, 6) is 0.473. The first kappa shape index (κ1) is 19.6. The lowest BCUT2D eigenvalue weighted by Gasteiger charge is -2.26. The van der Waals surface area contributed by atoms with Crippen LogP contribution in [-0.2, 0) is 13.6 Å². The SMILES string of the molecule is Cc1cc2nccnc2cc1CNc1ncc2c(n1)n(C1CCC(O)CC1)c(=O)n2C. The van der Waals surface area contributed by atoms with Gasteiger partial charge in [-0.15, -0.1) is 0 Å². The highest BCUT2D eigenvalue weighted by molar-refractivity contribution is 5.76. The molecule has 0 spiro atoms. The molecule has 3 heterocycles. The Labute approximate surface area is 178 Å². The van der Waals surface area contributed by atoms with Crippen LogP contribution in [-0.4, -0.2) is 40.3 Å². The van der Waals surface area contributed by atoms with Gasteiger partial charge in [0.05, 0.1) is 23.3 Å². The van der Waals surface area contributed by atoms with Crippen LogP contribution in [0.15, 0.2) is 35.5 Å². The zero-order chi connectivity index (χ0) is 21.5. The highest BCUT2D eigenvalue weighted by Crippen LogP contribution is 2.29. The first-order valence-corrected chi connectivity index (χ1v) is 10.6. The minimum atomic E-state index is -0.274. The molecule has 0 bridgehead atoms. The van der Waals surface area contributed by atoms with E-state index in [1.165, 1.54) is 0 Å². The minimum absolute atomic E-state index is 0.0451. The largest absolute Gasteiger partial charge is 0.393 e. The fraction of sp³-hybridized carbons (Fsp3) is 0.409. The van der Waals surface area contributed by atoms with E-state index in [9.17, 15) is 9.90 Å². The van der Waals surface area contributed by atoms with Crippen LogP contribution >= 0.6 is 0 Å². The van der Waals surface area contributed by atoms with Gasteiger partial charge in [-0.1, -0.05) is 0 Å². The third kappa shape index (κ3) is 3.54. The number of benzene rings is 1. The van der Waals surface area contributed by atoms with Crippen molar-refractivity contribution in [2.24, 2.45) is 7.05 Å². The number of nitrogens with zero attached hydrogens (tertiary/aromatic N) is 6. The van der Waals surface area contributed by atoms with E-state index in [0.29, 0.717) is 36.5 Å². The molecule has 0 aliphatic heterocycles. The average Bonchev–Trinajstić information content (AvgIpc) is 3.02. The number of imidazole rings is 1. The summed E-state index contributed by atoms with van der Waals surface area (Å²) >= 11 is 0.